The van der Waals surface area contributed by atoms with Gasteiger partial charge in [-0.25, -0.2) is 4.79 Å². The zero-order valence-corrected chi connectivity index (χ0v) is 13.1. The molecule has 2 fully saturated rings. The molecule has 118 valence electrons. The van der Waals surface area contributed by atoms with Crippen molar-refractivity contribution in [2.75, 3.05) is 19.6 Å². The van der Waals surface area contributed by atoms with Crippen LogP contribution in [0.4, 0.5) is 4.79 Å². The monoisotopic (exact) mass is 299 g/mol. The average molecular weight is 299 g/mol. The first-order valence-electron chi connectivity index (χ1n) is 8.63. The SMILES string of the molecule is O=C(NCC1CCN(C2CC2)C1)NC1Cc2ccccc2C1. The Morgan fingerprint density at radius 1 is 1.14 bits per heavy atom. The lowest BCUT2D eigenvalue weighted by Gasteiger charge is -2.17. The number of likely N-dealkylation sites (tertiary alicyclic amines) is 1. The molecule has 1 unspecified atom stereocenters. The van der Waals surface area contributed by atoms with Crippen LogP contribution in [0, 0.1) is 5.92 Å². The molecule has 1 aromatic carbocycles. The molecule has 22 heavy (non-hydrogen) atoms. The molecule has 4 heteroatoms. The van der Waals surface area contributed by atoms with Crippen molar-refractivity contribution >= 4 is 6.03 Å². The van der Waals surface area contributed by atoms with Crippen molar-refractivity contribution in [2.24, 2.45) is 5.92 Å². The summed E-state index contributed by atoms with van der Waals surface area (Å²) >= 11 is 0. The van der Waals surface area contributed by atoms with E-state index in [1.54, 1.807) is 0 Å². The smallest absolute Gasteiger partial charge is 0.315 e. The van der Waals surface area contributed by atoms with Crippen molar-refractivity contribution in [3.05, 3.63) is 35.4 Å². The third-order valence-corrected chi connectivity index (χ3v) is 5.32. The number of nitrogens with zero attached hydrogens (tertiary/aromatic N) is 1. The highest BCUT2D eigenvalue weighted by atomic mass is 16.2. The van der Waals surface area contributed by atoms with Crippen molar-refractivity contribution in [3.63, 3.8) is 0 Å². The van der Waals surface area contributed by atoms with E-state index < -0.39 is 0 Å². The Balaban J connectivity index is 1.19. The summed E-state index contributed by atoms with van der Waals surface area (Å²) in [4.78, 5) is 14.7. The average Bonchev–Trinajstić information content (AvgIpc) is 3.11. The van der Waals surface area contributed by atoms with E-state index in [-0.39, 0.29) is 12.1 Å². The predicted molar refractivity (Wildman–Crippen MR) is 86.9 cm³/mol. The standard InChI is InChI=1S/C18H25N3O/c22-18(19-11-13-7-8-21(12-13)17-5-6-17)20-16-9-14-3-1-2-4-15(14)10-16/h1-4,13,16-17H,5-12H2,(H2,19,20,22). The Labute approximate surface area is 132 Å². The summed E-state index contributed by atoms with van der Waals surface area (Å²) in [5.74, 6) is 0.632. The topological polar surface area (TPSA) is 44.4 Å². The molecule has 2 aliphatic carbocycles. The van der Waals surface area contributed by atoms with Crippen LogP contribution in [0.15, 0.2) is 24.3 Å². The van der Waals surface area contributed by atoms with Crippen LogP contribution in [-0.2, 0) is 12.8 Å². The molecule has 0 bridgehead atoms. The van der Waals surface area contributed by atoms with Gasteiger partial charge in [-0.1, -0.05) is 24.3 Å². The van der Waals surface area contributed by atoms with E-state index in [1.165, 1.54) is 43.5 Å². The molecule has 0 radical (unpaired) electrons. The Morgan fingerprint density at radius 2 is 1.86 bits per heavy atom. The maximum atomic E-state index is 12.1. The molecule has 1 heterocycles. The van der Waals surface area contributed by atoms with Gasteiger partial charge in [-0.3, -0.25) is 0 Å². The van der Waals surface area contributed by atoms with Gasteiger partial charge in [0.2, 0.25) is 0 Å². The summed E-state index contributed by atoms with van der Waals surface area (Å²) in [7, 11) is 0. The first kappa shape index (κ1) is 14.1. The molecule has 2 N–H and O–H groups in total. The predicted octanol–water partition coefficient (Wildman–Crippen LogP) is 1.94. The van der Waals surface area contributed by atoms with Crippen molar-refractivity contribution in [1.82, 2.24) is 15.5 Å². The van der Waals surface area contributed by atoms with Crippen LogP contribution >= 0.6 is 0 Å². The van der Waals surface area contributed by atoms with Crippen molar-refractivity contribution in [2.45, 2.75) is 44.2 Å². The Morgan fingerprint density at radius 3 is 2.55 bits per heavy atom. The van der Waals surface area contributed by atoms with Gasteiger partial charge in [0.15, 0.2) is 0 Å². The van der Waals surface area contributed by atoms with E-state index in [4.69, 9.17) is 0 Å². The Hall–Kier alpha value is -1.55. The van der Waals surface area contributed by atoms with Crippen LogP contribution in [0.25, 0.3) is 0 Å². The van der Waals surface area contributed by atoms with Crippen LogP contribution in [0.1, 0.15) is 30.4 Å². The minimum atomic E-state index is 0.00248. The van der Waals surface area contributed by atoms with Gasteiger partial charge in [0.25, 0.3) is 0 Å². The zero-order chi connectivity index (χ0) is 14.9. The number of fused-ring (bicyclic) bond motifs is 1. The van der Waals surface area contributed by atoms with Gasteiger partial charge in [-0.15, -0.1) is 0 Å². The zero-order valence-electron chi connectivity index (χ0n) is 13.1. The summed E-state index contributed by atoms with van der Waals surface area (Å²) < 4.78 is 0. The van der Waals surface area contributed by atoms with Crippen LogP contribution < -0.4 is 10.6 Å². The van der Waals surface area contributed by atoms with Gasteiger partial charge in [-0.05, 0) is 55.7 Å². The maximum absolute atomic E-state index is 12.1. The Bertz CT molecular complexity index is 530. The third-order valence-electron chi connectivity index (χ3n) is 5.32. The minimum absolute atomic E-state index is 0.00248. The van der Waals surface area contributed by atoms with E-state index in [0.29, 0.717) is 5.92 Å². The minimum Gasteiger partial charge on any atom is -0.338 e. The number of urea groups is 1. The fourth-order valence-electron chi connectivity index (χ4n) is 3.93. The summed E-state index contributed by atoms with van der Waals surface area (Å²) in [6.45, 7) is 3.20. The molecule has 1 atom stereocenters. The number of nitrogens with one attached hydrogen (secondary N) is 2. The lowest BCUT2D eigenvalue weighted by Crippen LogP contribution is -2.44. The van der Waals surface area contributed by atoms with Gasteiger partial charge >= 0.3 is 6.03 Å². The van der Waals surface area contributed by atoms with Gasteiger partial charge in [0.1, 0.15) is 0 Å². The van der Waals surface area contributed by atoms with Crippen molar-refractivity contribution in [3.8, 4) is 0 Å². The molecule has 3 aliphatic rings. The van der Waals surface area contributed by atoms with Crippen molar-refractivity contribution < 1.29 is 4.79 Å². The second-order valence-electron chi connectivity index (χ2n) is 7.11. The molecule has 1 aliphatic heterocycles. The number of hydrogen-bond donors (Lipinski definition) is 2. The fraction of sp³-hybridized carbons (Fsp3) is 0.611. The van der Waals surface area contributed by atoms with E-state index in [1.807, 2.05) is 0 Å². The molecule has 4 nitrogen and oxygen atoms in total. The van der Waals surface area contributed by atoms with Crippen molar-refractivity contribution in [1.29, 1.82) is 0 Å². The first-order valence-corrected chi connectivity index (χ1v) is 8.63. The molecule has 1 saturated carbocycles. The number of benzene rings is 1. The highest BCUT2D eigenvalue weighted by Crippen LogP contribution is 2.31. The van der Waals surface area contributed by atoms with E-state index in [0.717, 1.165) is 25.4 Å². The number of rotatable bonds is 4. The van der Waals surface area contributed by atoms with Gasteiger partial charge in [0, 0.05) is 25.2 Å². The molecule has 2 amide bonds. The van der Waals surface area contributed by atoms with E-state index in [9.17, 15) is 4.79 Å². The summed E-state index contributed by atoms with van der Waals surface area (Å²) in [6, 6.07) is 9.60. The first-order chi connectivity index (χ1) is 10.8. The maximum Gasteiger partial charge on any atom is 0.315 e. The highest BCUT2D eigenvalue weighted by molar-refractivity contribution is 5.74. The summed E-state index contributed by atoms with van der Waals surface area (Å²) in [5.41, 5.74) is 2.76. The largest absolute Gasteiger partial charge is 0.338 e. The fourth-order valence-corrected chi connectivity index (χ4v) is 3.93. The highest BCUT2D eigenvalue weighted by Gasteiger charge is 2.34. The number of amides is 2. The lowest BCUT2D eigenvalue weighted by molar-refractivity contribution is 0.235. The summed E-state index contributed by atoms with van der Waals surface area (Å²) in [5, 5.41) is 6.21. The molecule has 0 aromatic heterocycles. The van der Waals surface area contributed by atoms with Crippen LogP contribution in [0.3, 0.4) is 0 Å². The van der Waals surface area contributed by atoms with Gasteiger partial charge in [-0.2, -0.15) is 0 Å². The van der Waals surface area contributed by atoms with Gasteiger partial charge < -0.3 is 15.5 Å². The lowest BCUT2D eigenvalue weighted by atomic mass is 10.1. The number of carbonyl (C=O) groups is 1. The quantitative estimate of drug-likeness (QED) is 0.892. The van der Waals surface area contributed by atoms with Crippen LogP contribution in [0.2, 0.25) is 0 Å². The molecule has 0 spiro atoms. The Kier molecular flexibility index (Phi) is 3.78. The molecule has 4 rings (SSSR count). The third kappa shape index (κ3) is 3.12. The van der Waals surface area contributed by atoms with E-state index >= 15 is 0 Å². The number of carbonyl (C=O) groups excluding carboxylic acids is 1. The number of hydrogen-bond acceptors (Lipinski definition) is 2. The van der Waals surface area contributed by atoms with Gasteiger partial charge in [0.05, 0.1) is 0 Å². The molecular formula is C18H25N3O. The normalized spacial score (nSPS) is 25.2. The summed E-state index contributed by atoms with van der Waals surface area (Å²) in [6.07, 6.45) is 5.91. The second kappa shape index (κ2) is 5.92. The molecule has 1 aromatic rings. The second-order valence-corrected chi connectivity index (χ2v) is 7.11. The van der Waals surface area contributed by atoms with Crippen LogP contribution in [0.5, 0.6) is 0 Å². The molecular weight excluding hydrogens is 274 g/mol. The van der Waals surface area contributed by atoms with Crippen LogP contribution in [-0.4, -0.2) is 42.6 Å². The molecule has 1 saturated heterocycles. The van der Waals surface area contributed by atoms with E-state index in [2.05, 4.69) is 39.8 Å².